The van der Waals surface area contributed by atoms with E-state index >= 15 is 0 Å². The van der Waals surface area contributed by atoms with Crippen molar-refractivity contribution in [1.82, 2.24) is 29.6 Å². The SMILES string of the molecule is CC(=O)N1CCN(C(=O)CCN(CCN2CCOCC2)C(=O)c2cnc(C)cn2)CC1. The third kappa shape index (κ3) is 6.70. The van der Waals surface area contributed by atoms with E-state index in [1.54, 1.807) is 27.8 Å². The first-order valence-electron chi connectivity index (χ1n) is 10.9. The van der Waals surface area contributed by atoms with Crippen molar-refractivity contribution in [3.8, 4) is 0 Å². The molecule has 10 heteroatoms. The molecule has 2 aliphatic rings. The molecule has 2 aliphatic heterocycles. The Hall–Kier alpha value is -2.59. The van der Waals surface area contributed by atoms with Gasteiger partial charge in [0, 0.05) is 78.4 Å². The Labute approximate surface area is 183 Å². The predicted octanol–water partition coefficient (Wildman–Crippen LogP) is -0.360. The van der Waals surface area contributed by atoms with E-state index in [9.17, 15) is 14.4 Å². The average molecular weight is 433 g/mol. The van der Waals surface area contributed by atoms with Crippen LogP contribution in [0, 0.1) is 6.92 Å². The number of rotatable bonds is 7. The molecule has 3 heterocycles. The Bertz CT molecular complexity index is 758. The van der Waals surface area contributed by atoms with Gasteiger partial charge in [-0.3, -0.25) is 24.3 Å². The van der Waals surface area contributed by atoms with Crippen LogP contribution in [0.1, 0.15) is 29.5 Å². The zero-order valence-corrected chi connectivity index (χ0v) is 18.5. The van der Waals surface area contributed by atoms with Gasteiger partial charge in [-0.1, -0.05) is 0 Å². The third-order valence-corrected chi connectivity index (χ3v) is 5.75. The van der Waals surface area contributed by atoms with Crippen LogP contribution in [0.4, 0.5) is 0 Å². The summed E-state index contributed by atoms with van der Waals surface area (Å²) in [6.45, 7) is 10.2. The fourth-order valence-corrected chi connectivity index (χ4v) is 3.73. The van der Waals surface area contributed by atoms with Gasteiger partial charge in [0.1, 0.15) is 5.69 Å². The number of hydrogen-bond donors (Lipinski definition) is 0. The lowest BCUT2D eigenvalue weighted by Gasteiger charge is -2.35. The van der Waals surface area contributed by atoms with E-state index in [-0.39, 0.29) is 29.8 Å². The Morgan fingerprint density at radius 2 is 1.65 bits per heavy atom. The molecule has 1 aromatic rings. The number of amides is 3. The first-order valence-corrected chi connectivity index (χ1v) is 10.9. The first-order chi connectivity index (χ1) is 14.9. The number of piperazine rings is 1. The van der Waals surface area contributed by atoms with Crippen molar-refractivity contribution in [3.05, 3.63) is 23.8 Å². The van der Waals surface area contributed by atoms with E-state index < -0.39 is 0 Å². The van der Waals surface area contributed by atoms with Crippen molar-refractivity contribution in [3.63, 3.8) is 0 Å². The zero-order valence-electron chi connectivity index (χ0n) is 18.5. The molecule has 0 atom stereocenters. The van der Waals surface area contributed by atoms with Crippen LogP contribution < -0.4 is 0 Å². The van der Waals surface area contributed by atoms with E-state index in [1.807, 2.05) is 6.92 Å². The topological polar surface area (TPSA) is 99.2 Å². The summed E-state index contributed by atoms with van der Waals surface area (Å²) in [4.78, 5) is 53.1. The summed E-state index contributed by atoms with van der Waals surface area (Å²) in [6.07, 6.45) is 3.31. The summed E-state index contributed by atoms with van der Waals surface area (Å²) in [5.41, 5.74) is 1.03. The van der Waals surface area contributed by atoms with Gasteiger partial charge in [-0.25, -0.2) is 4.98 Å². The largest absolute Gasteiger partial charge is 0.379 e. The number of morpholine rings is 1. The standard InChI is InChI=1S/C21H32N6O4/c1-17-15-23-19(16-22-17)21(30)27(6-5-24-11-13-31-14-12-24)4-3-20(29)26-9-7-25(8-10-26)18(2)28/h15-16H,3-14H2,1-2H3. The van der Waals surface area contributed by atoms with E-state index in [0.717, 1.165) is 25.3 Å². The minimum absolute atomic E-state index is 0.00219. The molecule has 0 N–H and O–H groups in total. The number of aromatic nitrogens is 2. The monoisotopic (exact) mass is 432 g/mol. The van der Waals surface area contributed by atoms with E-state index in [2.05, 4.69) is 14.9 Å². The van der Waals surface area contributed by atoms with Crippen LogP contribution in [0.3, 0.4) is 0 Å². The smallest absolute Gasteiger partial charge is 0.274 e. The maximum Gasteiger partial charge on any atom is 0.274 e. The molecule has 31 heavy (non-hydrogen) atoms. The zero-order chi connectivity index (χ0) is 22.2. The number of carbonyl (C=O) groups excluding carboxylic acids is 3. The highest BCUT2D eigenvalue weighted by atomic mass is 16.5. The third-order valence-electron chi connectivity index (χ3n) is 5.75. The van der Waals surface area contributed by atoms with Gasteiger partial charge in [0.15, 0.2) is 0 Å². The fourth-order valence-electron chi connectivity index (χ4n) is 3.73. The molecule has 170 valence electrons. The maximum absolute atomic E-state index is 13.0. The summed E-state index contributed by atoms with van der Waals surface area (Å²) in [7, 11) is 0. The van der Waals surface area contributed by atoms with Crippen LogP contribution in [-0.4, -0.2) is 119 Å². The van der Waals surface area contributed by atoms with E-state index in [4.69, 9.17) is 4.74 Å². The molecule has 0 saturated carbocycles. The van der Waals surface area contributed by atoms with Crippen molar-refractivity contribution >= 4 is 17.7 Å². The summed E-state index contributed by atoms with van der Waals surface area (Å²) in [5, 5.41) is 0. The van der Waals surface area contributed by atoms with E-state index in [1.165, 1.54) is 6.20 Å². The van der Waals surface area contributed by atoms with Crippen molar-refractivity contribution < 1.29 is 19.1 Å². The Morgan fingerprint density at radius 3 is 2.26 bits per heavy atom. The second kappa shape index (κ2) is 11.1. The highest BCUT2D eigenvalue weighted by Crippen LogP contribution is 2.08. The molecule has 0 unspecified atom stereocenters. The van der Waals surface area contributed by atoms with Crippen LogP contribution in [0.5, 0.6) is 0 Å². The minimum atomic E-state index is -0.213. The fraction of sp³-hybridized carbons (Fsp3) is 0.667. The number of carbonyl (C=O) groups is 3. The summed E-state index contributed by atoms with van der Waals surface area (Å²) in [5.74, 6) is -0.177. The van der Waals surface area contributed by atoms with Crippen molar-refractivity contribution in [2.24, 2.45) is 0 Å². The lowest BCUT2D eigenvalue weighted by Crippen LogP contribution is -2.50. The second-order valence-corrected chi connectivity index (χ2v) is 7.93. The molecular weight excluding hydrogens is 400 g/mol. The summed E-state index contributed by atoms with van der Waals surface area (Å²) >= 11 is 0. The van der Waals surface area contributed by atoms with Crippen molar-refractivity contribution in [1.29, 1.82) is 0 Å². The molecule has 3 amide bonds. The van der Waals surface area contributed by atoms with Gasteiger partial charge in [-0.05, 0) is 6.92 Å². The normalized spacial score (nSPS) is 17.5. The van der Waals surface area contributed by atoms with Gasteiger partial charge >= 0.3 is 0 Å². The van der Waals surface area contributed by atoms with Crippen LogP contribution in [-0.2, 0) is 14.3 Å². The van der Waals surface area contributed by atoms with Crippen LogP contribution in [0.25, 0.3) is 0 Å². The number of ether oxygens (including phenoxy) is 1. The maximum atomic E-state index is 13.0. The molecule has 2 saturated heterocycles. The van der Waals surface area contributed by atoms with Gasteiger partial charge in [0.2, 0.25) is 11.8 Å². The lowest BCUT2D eigenvalue weighted by atomic mass is 10.2. The van der Waals surface area contributed by atoms with Gasteiger partial charge in [0.05, 0.1) is 25.1 Å². The van der Waals surface area contributed by atoms with Crippen LogP contribution in [0.15, 0.2) is 12.4 Å². The summed E-state index contributed by atoms with van der Waals surface area (Å²) < 4.78 is 5.39. The predicted molar refractivity (Wildman–Crippen MR) is 113 cm³/mol. The van der Waals surface area contributed by atoms with Gasteiger partial charge < -0.3 is 19.4 Å². The molecule has 2 fully saturated rings. The van der Waals surface area contributed by atoms with Crippen molar-refractivity contribution in [2.75, 3.05) is 72.1 Å². The number of nitrogens with zero attached hydrogens (tertiary/aromatic N) is 6. The molecule has 0 radical (unpaired) electrons. The Balaban J connectivity index is 1.57. The molecule has 0 aromatic carbocycles. The molecule has 0 aliphatic carbocycles. The molecule has 0 spiro atoms. The highest BCUT2D eigenvalue weighted by molar-refractivity contribution is 5.92. The van der Waals surface area contributed by atoms with Crippen LogP contribution >= 0.6 is 0 Å². The quantitative estimate of drug-likeness (QED) is 0.580. The van der Waals surface area contributed by atoms with Crippen molar-refractivity contribution in [2.45, 2.75) is 20.3 Å². The molecule has 3 rings (SSSR count). The average Bonchev–Trinajstić information content (AvgIpc) is 2.79. The van der Waals surface area contributed by atoms with Crippen LogP contribution in [0.2, 0.25) is 0 Å². The number of aryl methyl sites for hydroxylation is 1. The molecule has 1 aromatic heterocycles. The highest BCUT2D eigenvalue weighted by Gasteiger charge is 2.25. The summed E-state index contributed by atoms with van der Waals surface area (Å²) in [6, 6.07) is 0. The number of hydrogen-bond acceptors (Lipinski definition) is 7. The molecular formula is C21H32N6O4. The molecule has 10 nitrogen and oxygen atoms in total. The van der Waals surface area contributed by atoms with Gasteiger partial charge in [-0.2, -0.15) is 0 Å². The van der Waals surface area contributed by atoms with Gasteiger partial charge in [0.25, 0.3) is 5.91 Å². The Morgan fingerprint density at radius 1 is 0.968 bits per heavy atom. The Kier molecular flexibility index (Phi) is 8.30. The first kappa shape index (κ1) is 23.1. The molecule has 0 bridgehead atoms. The minimum Gasteiger partial charge on any atom is -0.379 e. The second-order valence-electron chi connectivity index (χ2n) is 7.93. The lowest BCUT2D eigenvalue weighted by molar-refractivity contribution is -0.138. The van der Waals surface area contributed by atoms with E-state index in [0.29, 0.717) is 52.5 Å². The van der Waals surface area contributed by atoms with Gasteiger partial charge in [-0.15, -0.1) is 0 Å².